The van der Waals surface area contributed by atoms with Crippen molar-refractivity contribution in [2.75, 3.05) is 13.7 Å². The van der Waals surface area contributed by atoms with Crippen LogP contribution < -0.4 is 17.0 Å². The van der Waals surface area contributed by atoms with Gasteiger partial charge in [0.2, 0.25) is 0 Å². The van der Waals surface area contributed by atoms with Gasteiger partial charge < -0.3 is 15.0 Å². The Morgan fingerprint density at radius 1 is 1.27 bits per heavy atom. The van der Waals surface area contributed by atoms with Crippen LogP contribution in [0.25, 0.3) is 11.2 Å². The van der Waals surface area contributed by atoms with Crippen LogP contribution in [0.3, 0.4) is 0 Å². The minimum absolute atomic E-state index is 0.336. The molecule has 0 aromatic carbocycles. The molecule has 2 aromatic heterocycles. The van der Waals surface area contributed by atoms with E-state index in [2.05, 4.69) is 4.98 Å². The van der Waals surface area contributed by atoms with E-state index in [1.807, 2.05) is 13.8 Å². The van der Waals surface area contributed by atoms with E-state index >= 15 is 0 Å². The highest BCUT2D eigenvalue weighted by Crippen LogP contribution is 2.14. The smallest absolute Gasteiger partial charge is 0.332 e. The molecule has 0 aliphatic rings. The van der Waals surface area contributed by atoms with Gasteiger partial charge in [0.25, 0.3) is 5.56 Å². The summed E-state index contributed by atoms with van der Waals surface area (Å²) in [6.07, 6.45) is 0. The zero-order chi connectivity index (χ0) is 16.7. The van der Waals surface area contributed by atoms with Crippen molar-refractivity contribution >= 4 is 11.2 Å². The first-order valence-corrected chi connectivity index (χ1v) is 7.12. The molecule has 0 spiro atoms. The maximum absolute atomic E-state index is 12.5. The second kappa shape index (κ2) is 5.69. The number of aryl methyl sites for hydroxylation is 1. The summed E-state index contributed by atoms with van der Waals surface area (Å²) in [5.74, 6) is 0.655. The number of hydrogen-bond acceptors (Lipinski definition) is 5. The van der Waals surface area contributed by atoms with Gasteiger partial charge in [-0.25, -0.2) is 9.78 Å². The first kappa shape index (κ1) is 16.4. The Morgan fingerprint density at radius 3 is 2.45 bits per heavy atom. The molecule has 2 N–H and O–H groups in total. The number of ether oxygens (including phenoxy) is 1. The molecule has 0 saturated heterocycles. The largest absolute Gasteiger partial charge is 0.383 e. The standard InChI is InChI=1S/C14H23N5O3/c1-9-16-11-10(19(9)8-14(2,3)15)12(20)17(4)13(21)18(11)6-7-22-5/h6-8,15H2,1-5H3. The highest BCUT2D eigenvalue weighted by Gasteiger charge is 2.22. The van der Waals surface area contributed by atoms with Crippen molar-refractivity contribution in [2.45, 2.75) is 39.4 Å². The van der Waals surface area contributed by atoms with Crippen LogP contribution in [0.2, 0.25) is 0 Å². The Kier molecular flexibility index (Phi) is 4.25. The summed E-state index contributed by atoms with van der Waals surface area (Å²) in [4.78, 5) is 29.2. The molecule has 2 rings (SSSR count). The maximum Gasteiger partial charge on any atom is 0.332 e. The van der Waals surface area contributed by atoms with Gasteiger partial charge in [-0.3, -0.25) is 13.9 Å². The predicted octanol–water partition coefficient (Wildman–Crippen LogP) is -0.411. The molecule has 22 heavy (non-hydrogen) atoms. The number of hydrogen-bond donors (Lipinski definition) is 1. The van der Waals surface area contributed by atoms with Crippen LogP contribution in [0, 0.1) is 6.92 Å². The molecule has 0 unspecified atom stereocenters. The Bertz CT molecular complexity index is 807. The van der Waals surface area contributed by atoms with E-state index in [4.69, 9.17) is 10.5 Å². The van der Waals surface area contributed by atoms with Gasteiger partial charge in [-0.05, 0) is 20.8 Å². The van der Waals surface area contributed by atoms with Crippen molar-refractivity contribution in [1.29, 1.82) is 0 Å². The Morgan fingerprint density at radius 2 is 1.91 bits per heavy atom. The molecule has 0 fully saturated rings. The summed E-state index contributed by atoms with van der Waals surface area (Å²) >= 11 is 0. The van der Waals surface area contributed by atoms with E-state index in [1.54, 1.807) is 18.6 Å². The highest BCUT2D eigenvalue weighted by molar-refractivity contribution is 5.71. The van der Waals surface area contributed by atoms with Gasteiger partial charge in [0.15, 0.2) is 11.2 Å². The van der Waals surface area contributed by atoms with Crippen LogP contribution in [0.15, 0.2) is 9.59 Å². The topological polar surface area (TPSA) is 97.1 Å². The quantitative estimate of drug-likeness (QED) is 0.810. The number of fused-ring (bicyclic) bond motifs is 1. The van der Waals surface area contributed by atoms with Crippen molar-refractivity contribution in [3.63, 3.8) is 0 Å². The van der Waals surface area contributed by atoms with Gasteiger partial charge in [-0.2, -0.15) is 0 Å². The second-order valence-corrected chi connectivity index (χ2v) is 6.20. The molecular weight excluding hydrogens is 286 g/mol. The van der Waals surface area contributed by atoms with Gasteiger partial charge in [-0.15, -0.1) is 0 Å². The van der Waals surface area contributed by atoms with Gasteiger partial charge >= 0.3 is 5.69 Å². The third-order valence-corrected chi connectivity index (χ3v) is 3.51. The number of nitrogens with two attached hydrogens (primary N) is 1. The van der Waals surface area contributed by atoms with E-state index in [0.29, 0.717) is 36.7 Å². The average Bonchev–Trinajstić information content (AvgIpc) is 2.72. The zero-order valence-corrected chi connectivity index (χ0v) is 13.7. The lowest BCUT2D eigenvalue weighted by Crippen LogP contribution is -2.41. The molecule has 0 radical (unpaired) electrons. The van der Waals surface area contributed by atoms with Crippen molar-refractivity contribution in [3.8, 4) is 0 Å². The Labute approximate surface area is 128 Å². The zero-order valence-electron chi connectivity index (χ0n) is 13.7. The monoisotopic (exact) mass is 309 g/mol. The summed E-state index contributed by atoms with van der Waals surface area (Å²) in [5, 5.41) is 0. The van der Waals surface area contributed by atoms with Crippen molar-refractivity contribution in [2.24, 2.45) is 12.8 Å². The van der Waals surface area contributed by atoms with Crippen molar-refractivity contribution < 1.29 is 4.74 Å². The molecular formula is C14H23N5O3. The Balaban J connectivity index is 2.81. The summed E-state index contributed by atoms with van der Waals surface area (Å²) in [7, 11) is 3.03. The molecule has 0 saturated carbocycles. The minimum atomic E-state index is -0.503. The van der Waals surface area contributed by atoms with Gasteiger partial charge in [-0.1, -0.05) is 0 Å². The summed E-state index contributed by atoms with van der Waals surface area (Å²) in [6, 6.07) is 0. The summed E-state index contributed by atoms with van der Waals surface area (Å²) < 4.78 is 9.38. The van der Waals surface area contributed by atoms with E-state index in [1.165, 1.54) is 11.6 Å². The Hall–Kier alpha value is -1.93. The van der Waals surface area contributed by atoms with Gasteiger partial charge in [0, 0.05) is 26.2 Å². The molecule has 0 bridgehead atoms. The van der Waals surface area contributed by atoms with E-state index < -0.39 is 11.2 Å². The van der Waals surface area contributed by atoms with Crippen LogP contribution in [-0.2, 0) is 24.9 Å². The molecule has 0 aliphatic carbocycles. The van der Waals surface area contributed by atoms with E-state index in [0.717, 1.165) is 4.57 Å². The molecule has 2 heterocycles. The van der Waals surface area contributed by atoms with E-state index in [-0.39, 0.29) is 5.56 Å². The van der Waals surface area contributed by atoms with Gasteiger partial charge in [0.05, 0.1) is 13.2 Å². The van der Waals surface area contributed by atoms with Crippen LogP contribution >= 0.6 is 0 Å². The predicted molar refractivity (Wildman–Crippen MR) is 84.1 cm³/mol. The molecule has 8 nitrogen and oxygen atoms in total. The molecule has 122 valence electrons. The number of aromatic nitrogens is 4. The van der Waals surface area contributed by atoms with Crippen LogP contribution in [0.4, 0.5) is 0 Å². The molecule has 0 aliphatic heterocycles. The third kappa shape index (κ3) is 2.84. The van der Waals surface area contributed by atoms with Crippen molar-refractivity contribution in [3.05, 3.63) is 26.7 Å². The fraction of sp³-hybridized carbons (Fsp3) is 0.643. The lowest BCUT2D eigenvalue weighted by molar-refractivity contribution is 0.186. The normalized spacial score (nSPS) is 12.3. The molecule has 0 amide bonds. The maximum atomic E-state index is 12.5. The van der Waals surface area contributed by atoms with Gasteiger partial charge in [0.1, 0.15) is 5.82 Å². The fourth-order valence-corrected chi connectivity index (χ4v) is 2.45. The molecule has 8 heteroatoms. The van der Waals surface area contributed by atoms with Crippen LogP contribution in [0.5, 0.6) is 0 Å². The summed E-state index contributed by atoms with van der Waals surface area (Å²) in [6.45, 7) is 6.70. The summed E-state index contributed by atoms with van der Waals surface area (Å²) in [5.41, 5.74) is 5.59. The number of imidazole rings is 1. The van der Waals surface area contributed by atoms with Crippen LogP contribution in [-0.4, -0.2) is 37.9 Å². The second-order valence-electron chi connectivity index (χ2n) is 6.20. The lowest BCUT2D eigenvalue weighted by Gasteiger charge is -2.20. The molecule has 2 aromatic rings. The fourth-order valence-electron chi connectivity index (χ4n) is 2.45. The number of nitrogens with zero attached hydrogens (tertiary/aromatic N) is 4. The molecule has 0 atom stereocenters. The average molecular weight is 309 g/mol. The lowest BCUT2D eigenvalue weighted by atomic mass is 10.1. The number of methoxy groups -OCH3 is 1. The van der Waals surface area contributed by atoms with Crippen LogP contribution in [0.1, 0.15) is 19.7 Å². The first-order chi connectivity index (χ1) is 10.2. The number of rotatable bonds is 5. The highest BCUT2D eigenvalue weighted by atomic mass is 16.5. The third-order valence-electron chi connectivity index (χ3n) is 3.51. The van der Waals surface area contributed by atoms with E-state index in [9.17, 15) is 9.59 Å². The minimum Gasteiger partial charge on any atom is -0.383 e. The van der Waals surface area contributed by atoms with Crippen molar-refractivity contribution in [1.82, 2.24) is 18.7 Å². The first-order valence-electron chi connectivity index (χ1n) is 7.12. The SMILES string of the molecule is COCCn1c(=O)n(C)c(=O)c2c1nc(C)n2CC(C)(C)N.